The number of ether oxygens (including phenoxy) is 2. The van der Waals surface area contributed by atoms with Crippen LogP contribution >= 0.6 is 23.2 Å². The van der Waals surface area contributed by atoms with E-state index in [-0.39, 0.29) is 6.61 Å². The fourth-order valence-corrected chi connectivity index (χ4v) is 2.40. The molecular weight excluding hydrogens is 365 g/mol. The van der Waals surface area contributed by atoms with Crippen molar-refractivity contribution in [1.82, 2.24) is 0 Å². The monoisotopic (exact) mass is 381 g/mol. The number of anilines is 1. The van der Waals surface area contributed by atoms with E-state index >= 15 is 0 Å². The highest BCUT2D eigenvalue weighted by molar-refractivity contribution is 6.35. The lowest BCUT2D eigenvalue weighted by molar-refractivity contribution is -0.149. The minimum Gasteiger partial charge on any atom is -0.482 e. The molecule has 0 saturated heterocycles. The number of benzene rings is 2. The van der Waals surface area contributed by atoms with Gasteiger partial charge in [0, 0.05) is 5.02 Å². The van der Waals surface area contributed by atoms with Gasteiger partial charge in [0.05, 0.1) is 10.7 Å². The molecule has 0 aromatic heterocycles. The molecule has 5 nitrogen and oxygen atoms in total. The lowest BCUT2D eigenvalue weighted by Crippen LogP contribution is -2.23. The number of carbonyl (C=O) groups excluding carboxylic acids is 2. The number of amides is 1. The van der Waals surface area contributed by atoms with E-state index in [0.29, 0.717) is 21.5 Å². The topological polar surface area (TPSA) is 64.6 Å². The quantitative estimate of drug-likeness (QED) is 0.762. The number of esters is 1. The Kier molecular flexibility index (Phi) is 6.67. The highest BCUT2D eigenvalue weighted by atomic mass is 35.5. The number of nitrogens with one attached hydrogen (secondary N) is 1. The smallest absolute Gasteiger partial charge is 0.344 e. The van der Waals surface area contributed by atoms with Gasteiger partial charge in [-0.1, -0.05) is 40.9 Å². The van der Waals surface area contributed by atoms with Crippen LogP contribution in [0.3, 0.4) is 0 Å². The van der Waals surface area contributed by atoms with Crippen LogP contribution in [0, 0.1) is 13.8 Å². The van der Waals surface area contributed by atoms with Crippen LogP contribution in [0.5, 0.6) is 5.75 Å². The van der Waals surface area contributed by atoms with Crippen molar-refractivity contribution < 1.29 is 19.1 Å². The van der Waals surface area contributed by atoms with Crippen LogP contribution in [-0.2, 0) is 14.3 Å². The third kappa shape index (κ3) is 5.96. The van der Waals surface area contributed by atoms with Gasteiger partial charge in [0.15, 0.2) is 13.2 Å². The van der Waals surface area contributed by atoms with E-state index in [1.165, 1.54) is 6.07 Å². The molecule has 0 aliphatic rings. The molecule has 1 N–H and O–H groups in total. The van der Waals surface area contributed by atoms with Gasteiger partial charge in [0.1, 0.15) is 5.75 Å². The molecule has 0 aliphatic heterocycles. The third-order valence-corrected chi connectivity index (χ3v) is 3.81. The summed E-state index contributed by atoms with van der Waals surface area (Å²) in [4.78, 5) is 23.5. The molecule has 0 unspecified atom stereocenters. The van der Waals surface area contributed by atoms with Gasteiger partial charge < -0.3 is 14.8 Å². The molecule has 0 bridgehead atoms. The second-order valence-corrected chi connectivity index (χ2v) is 6.23. The Morgan fingerprint density at radius 2 is 1.80 bits per heavy atom. The minimum absolute atomic E-state index is 0.283. The van der Waals surface area contributed by atoms with E-state index in [1.54, 1.807) is 18.2 Å². The van der Waals surface area contributed by atoms with Gasteiger partial charge in [-0.3, -0.25) is 4.79 Å². The fraction of sp³-hybridized carbons (Fsp3) is 0.222. The van der Waals surface area contributed by atoms with Gasteiger partial charge >= 0.3 is 5.97 Å². The lowest BCUT2D eigenvalue weighted by Gasteiger charge is -2.10. The molecule has 2 aromatic rings. The second kappa shape index (κ2) is 8.74. The predicted octanol–water partition coefficient (Wildman–Crippen LogP) is 4.17. The first kappa shape index (κ1) is 19.1. The Labute approximate surface area is 155 Å². The maximum Gasteiger partial charge on any atom is 0.344 e. The summed E-state index contributed by atoms with van der Waals surface area (Å²) in [5.74, 6) is -0.575. The van der Waals surface area contributed by atoms with Gasteiger partial charge in [-0.05, 0) is 43.7 Å². The zero-order chi connectivity index (χ0) is 18.4. The Balaban J connectivity index is 1.79. The molecule has 132 valence electrons. The second-order valence-electron chi connectivity index (χ2n) is 5.39. The van der Waals surface area contributed by atoms with Crippen molar-refractivity contribution in [2.45, 2.75) is 13.8 Å². The normalized spacial score (nSPS) is 10.2. The van der Waals surface area contributed by atoms with Crippen LogP contribution in [0.25, 0.3) is 0 Å². The van der Waals surface area contributed by atoms with Crippen molar-refractivity contribution in [3.63, 3.8) is 0 Å². The zero-order valence-corrected chi connectivity index (χ0v) is 15.3. The number of halogens is 2. The van der Waals surface area contributed by atoms with Crippen LogP contribution in [0.1, 0.15) is 11.1 Å². The molecule has 0 spiro atoms. The molecule has 2 aromatic carbocycles. The van der Waals surface area contributed by atoms with Crippen molar-refractivity contribution in [3.8, 4) is 5.75 Å². The number of hydrogen-bond acceptors (Lipinski definition) is 4. The van der Waals surface area contributed by atoms with Gasteiger partial charge in [0.25, 0.3) is 5.91 Å². The van der Waals surface area contributed by atoms with E-state index in [2.05, 4.69) is 5.32 Å². The first-order valence-corrected chi connectivity index (χ1v) is 8.21. The van der Waals surface area contributed by atoms with Crippen LogP contribution < -0.4 is 10.1 Å². The Hall–Kier alpha value is -2.24. The largest absolute Gasteiger partial charge is 0.482 e. The summed E-state index contributed by atoms with van der Waals surface area (Å²) in [6.07, 6.45) is 0. The van der Waals surface area contributed by atoms with Crippen molar-refractivity contribution in [2.75, 3.05) is 18.5 Å². The standard InChI is InChI=1S/C18H17Cl2NO4/c1-11-3-6-16(12(2)7-11)24-10-18(23)25-9-17(22)21-15-8-13(19)4-5-14(15)20/h3-8H,9-10H2,1-2H3,(H,21,22). The van der Waals surface area contributed by atoms with E-state index in [0.717, 1.165) is 11.1 Å². The summed E-state index contributed by atoms with van der Waals surface area (Å²) in [5.41, 5.74) is 2.37. The summed E-state index contributed by atoms with van der Waals surface area (Å²) < 4.78 is 10.3. The molecule has 0 saturated carbocycles. The van der Waals surface area contributed by atoms with Crippen molar-refractivity contribution in [1.29, 1.82) is 0 Å². The molecule has 0 fully saturated rings. The maximum absolute atomic E-state index is 11.8. The van der Waals surface area contributed by atoms with E-state index in [9.17, 15) is 9.59 Å². The van der Waals surface area contributed by atoms with Gasteiger partial charge in [-0.25, -0.2) is 4.79 Å². The number of hydrogen-bond donors (Lipinski definition) is 1. The number of rotatable bonds is 6. The van der Waals surface area contributed by atoms with Crippen LogP contribution in [0.2, 0.25) is 10.0 Å². The number of carbonyl (C=O) groups is 2. The summed E-state index contributed by atoms with van der Waals surface area (Å²) >= 11 is 11.8. The zero-order valence-electron chi connectivity index (χ0n) is 13.8. The Morgan fingerprint density at radius 3 is 2.52 bits per heavy atom. The molecule has 0 atom stereocenters. The Bertz CT molecular complexity index is 793. The van der Waals surface area contributed by atoms with Crippen molar-refractivity contribution in [3.05, 3.63) is 57.6 Å². The lowest BCUT2D eigenvalue weighted by atomic mass is 10.1. The molecule has 0 heterocycles. The molecule has 2 rings (SSSR count). The minimum atomic E-state index is -0.646. The van der Waals surface area contributed by atoms with Crippen LogP contribution in [0.4, 0.5) is 5.69 Å². The molecule has 7 heteroatoms. The predicted molar refractivity (Wildman–Crippen MR) is 97.5 cm³/mol. The van der Waals surface area contributed by atoms with E-state index in [4.69, 9.17) is 32.7 Å². The molecule has 0 aliphatic carbocycles. The summed E-state index contributed by atoms with van der Waals surface area (Å²) in [5, 5.41) is 3.29. The summed E-state index contributed by atoms with van der Waals surface area (Å²) in [6, 6.07) is 10.3. The maximum atomic E-state index is 11.8. The molecule has 25 heavy (non-hydrogen) atoms. The van der Waals surface area contributed by atoms with E-state index in [1.807, 2.05) is 26.0 Å². The highest BCUT2D eigenvalue weighted by Crippen LogP contribution is 2.25. The third-order valence-electron chi connectivity index (χ3n) is 3.24. The molecule has 0 radical (unpaired) electrons. The van der Waals surface area contributed by atoms with Crippen LogP contribution in [0.15, 0.2) is 36.4 Å². The van der Waals surface area contributed by atoms with Crippen molar-refractivity contribution >= 4 is 40.8 Å². The van der Waals surface area contributed by atoms with Crippen molar-refractivity contribution in [2.24, 2.45) is 0 Å². The summed E-state index contributed by atoms with van der Waals surface area (Å²) in [6.45, 7) is 3.12. The fourth-order valence-electron chi connectivity index (χ4n) is 2.07. The summed E-state index contributed by atoms with van der Waals surface area (Å²) in [7, 11) is 0. The average molecular weight is 382 g/mol. The molecular formula is C18H17Cl2NO4. The van der Waals surface area contributed by atoms with Crippen LogP contribution in [-0.4, -0.2) is 25.1 Å². The number of aryl methyl sites for hydroxylation is 2. The first-order valence-electron chi connectivity index (χ1n) is 7.45. The van der Waals surface area contributed by atoms with Gasteiger partial charge in [-0.2, -0.15) is 0 Å². The van der Waals surface area contributed by atoms with E-state index < -0.39 is 18.5 Å². The average Bonchev–Trinajstić information content (AvgIpc) is 2.55. The van der Waals surface area contributed by atoms with Gasteiger partial charge in [-0.15, -0.1) is 0 Å². The highest BCUT2D eigenvalue weighted by Gasteiger charge is 2.11. The Morgan fingerprint density at radius 1 is 1.04 bits per heavy atom. The van der Waals surface area contributed by atoms with Gasteiger partial charge in [0.2, 0.25) is 0 Å². The molecule has 1 amide bonds. The first-order chi connectivity index (χ1) is 11.8. The SMILES string of the molecule is Cc1ccc(OCC(=O)OCC(=O)Nc2cc(Cl)ccc2Cl)c(C)c1.